The van der Waals surface area contributed by atoms with E-state index in [2.05, 4.69) is 5.32 Å². The highest BCUT2D eigenvalue weighted by Gasteiger charge is 2.14. The first-order valence-corrected chi connectivity index (χ1v) is 9.38. The molecule has 6 nitrogen and oxygen atoms in total. The van der Waals surface area contributed by atoms with Crippen LogP contribution in [0.5, 0.6) is 17.2 Å². The maximum atomic E-state index is 12.8. The van der Waals surface area contributed by atoms with E-state index in [9.17, 15) is 9.18 Å². The number of hydrogen-bond donors (Lipinski definition) is 1. The second-order valence-corrected chi connectivity index (χ2v) is 6.58. The third-order valence-electron chi connectivity index (χ3n) is 4.30. The molecular formula is C21H25FN2O4. The number of amides is 2. The largest absolute Gasteiger partial charge is 0.494 e. The zero-order valence-electron chi connectivity index (χ0n) is 15.9. The van der Waals surface area contributed by atoms with Crippen LogP contribution in [0, 0.1) is 5.82 Å². The molecule has 150 valence electrons. The Morgan fingerprint density at radius 2 is 1.86 bits per heavy atom. The van der Waals surface area contributed by atoms with E-state index in [1.54, 1.807) is 24.1 Å². The van der Waals surface area contributed by atoms with Gasteiger partial charge in [-0.05, 0) is 54.8 Å². The van der Waals surface area contributed by atoms with Crippen molar-refractivity contribution in [3.05, 3.63) is 53.8 Å². The van der Waals surface area contributed by atoms with Gasteiger partial charge < -0.3 is 24.4 Å². The lowest BCUT2D eigenvalue weighted by Crippen LogP contribution is -2.37. The maximum Gasteiger partial charge on any atom is 0.317 e. The standard InChI is InChI=1S/C21H25FN2O4/c1-24(15-16-4-9-19-20(14-16)28-13-12-27-19)21(25)23-10-2-3-11-26-18-7-5-17(22)6-8-18/h4-9,14H,2-3,10-13,15H2,1H3,(H,23,25). The van der Waals surface area contributed by atoms with Crippen molar-refractivity contribution in [3.63, 3.8) is 0 Å². The molecule has 2 aromatic rings. The molecule has 1 heterocycles. The van der Waals surface area contributed by atoms with Crippen molar-refractivity contribution in [2.24, 2.45) is 0 Å². The van der Waals surface area contributed by atoms with Gasteiger partial charge in [-0.25, -0.2) is 9.18 Å². The second-order valence-electron chi connectivity index (χ2n) is 6.58. The number of urea groups is 1. The Bertz CT molecular complexity index is 782. The molecule has 28 heavy (non-hydrogen) atoms. The number of nitrogens with one attached hydrogen (secondary N) is 1. The van der Waals surface area contributed by atoms with Gasteiger partial charge in [0.25, 0.3) is 0 Å². The van der Waals surface area contributed by atoms with E-state index >= 15 is 0 Å². The van der Waals surface area contributed by atoms with Gasteiger partial charge in [0.05, 0.1) is 6.61 Å². The number of rotatable bonds is 8. The average Bonchev–Trinajstić information content (AvgIpc) is 2.71. The van der Waals surface area contributed by atoms with Gasteiger partial charge in [0.1, 0.15) is 24.8 Å². The van der Waals surface area contributed by atoms with Gasteiger partial charge in [0.2, 0.25) is 0 Å². The first-order valence-electron chi connectivity index (χ1n) is 9.38. The number of carbonyl (C=O) groups excluding carboxylic acids is 1. The van der Waals surface area contributed by atoms with Gasteiger partial charge >= 0.3 is 6.03 Å². The molecule has 0 radical (unpaired) electrons. The summed E-state index contributed by atoms with van der Waals surface area (Å²) < 4.78 is 29.4. The summed E-state index contributed by atoms with van der Waals surface area (Å²) in [5, 5.41) is 2.90. The summed E-state index contributed by atoms with van der Waals surface area (Å²) in [5.41, 5.74) is 0.981. The molecule has 0 aliphatic carbocycles. The van der Waals surface area contributed by atoms with Crippen LogP contribution in [0.25, 0.3) is 0 Å². The van der Waals surface area contributed by atoms with Crippen molar-refractivity contribution in [1.82, 2.24) is 10.2 Å². The summed E-state index contributed by atoms with van der Waals surface area (Å²) in [6.45, 7) is 2.67. The Labute approximate surface area is 164 Å². The lowest BCUT2D eigenvalue weighted by Gasteiger charge is -2.21. The highest BCUT2D eigenvalue weighted by atomic mass is 19.1. The Kier molecular flexibility index (Phi) is 6.94. The minimum atomic E-state index is -0.282. The monoisotopic (exact) mass is 388 g/mol. The van der Waals surface area contributed by atoms with Crippen molar-refractivity contribution < 1.29 is 23.4 Å². The van der Waals surface area contributed by atoms with E-state index in [-0.39, 0.29) is 11.8 Å². The van der Waals surface area contributed by atoms with E-state index < -0.39 is 0 Å². The first-order chi connectivity index (χ1) is 13.6. The molecule has 2 aromatic carbocycles. The van der Waals surface area contributed by atoms with Crippen LogP contribution in [0.2, 0.25) is 0 Å². The van der Waals surface area contributed by atoms with Crippen molar-refractivity contribution in [1.29, 1.82) is 0 Å². The van der Waals surface area contributed by atoms with Gasteiger partial charge in [-0.2, -0.15) is 0 Å². The predicted molar refractivity (Wildman–Crippen MR) is 103 cm³/mol. The van der Waals surface area contributed by atoms with Crippen LogP contribution < -0.4 is 19.5 Å². The number of benzene rings is 2. The number of carbonyl (C=O) groups is 1. The highest BCUT2D eigenvalue weighted by Crippen LogP contribution is 2.31. The Hall–Kier alpha value is -2.96. The first kappa shape index (κ1) is 19.8. The zero-order valence-corrected chi connectivity index (χ0v) is 15.9. The molecule has 3 rings (SSSR count). The van der Waals surface area contributed by atoms with Gasteiger partial charge in [-0.3, -0.25) is 0 Å². The smallest absolute Gasteiger partial charge is 0.317 e. The van der Waals surface area contributed by atoms with Crippen LogP contribution in [0.3, 0.4) is 0 Å². The quantitative estimate of drug-likeness (QED) is 0.702. The van der Waals surface area contributed by atoms with Gasteiger partial charge in [-0.1, -0.05) is 6.07 Å². The molecule has 0 spiro atoms. The zero-order chi connectivity index (χ0) is 19.8. The molecule has 1 aliphatic heterocycles. The lowest BCUT2D eigenvalue weighted by atomic mass is 10.2. The normalized spacial score (nSPS) is 12.4. The van der Waals surface area contributed by atoms with Crippen LogP contribution >= 0.6 is 0 Å². The Morgan fingerprint density at radius 3 is 2.64 bits per heavy atom. The second kappa shape index (κ2) is 9.82. The van der Waals surface area contributed by atoms with E-state index in [4.69, 9.17) is 14.2 Å². The van der Waals surface area contributed by atoms with E-state index in [1.165, 1.54) is 12.1 Å². The van der Waals surface area contributed by atoms with Crippen molar-refractivity contribution in [2.75, 3.05) is 33.4 Å². The Morgan fingerprint density at radius 1 is 1.11 bits per heavy atom. The summed E-state index contributed by atoms with van der Waals surface area (Å²) in [5.74, 6) is 1.82. The molecule has 0 saturated carbocycles. The predicted octanol–water partition coefficient (Wildman–Crippen LogP) is 3.60. The number of nitrogens with zero attached hydrogens (tertiary/aromatic N) is 1. The number of unbranched alkanes of at least 4 members (excludes halogenated alkanes) is 1. The summed E-state index contributed by atoms with van der Waals surface area (Å²) in [7, 11) is 1.75. The summed E-state index contributed by atoms with van der Waals surface area (Å²) in [6.07, 6.45) is 1.59. The lowest BCUT2D eigenvalue weighted by molar-refractivity contribution is 0.171. The Balaban J connectivity index is 1.32. The van der Waals surface area contributed by atoms with E-state index in [1.807, 2.05) is 18.2 Å². The topological polar surface area (TPSA) is 60.0 Å². The number of hydrogen-bond acceptors (Lipinski definition) is 4. The maximum absolute atomic E-state index is 12.8. The minimum absolute atomic E-state index is 0.130. The van der Waals surface area contributed by atoms with Crippen molar-refractivity contribution in [3.8, 4) is 17.2 Å². The summed E-state index contributed by atoms with van der Waals surface area (Å²) in [4.78, 5) is 13.8. The third-order valence-corrected chi connectivity index (χ3v) is 4.30. The summed E-state index contributed by atoms with van der Waals surface area (Å²) >= 11 is 0. The van der Waals surface area contributed by atoms with Gasteiger partial charge in [0, 0.05) is 20.1 Å². The molecule has 0 unspecified atom stereocenters. The number of ether oxygens (including phenoxy) is 3. The van der Waals surface area contributed by atoms with Crippen molar-refractivity contribution in [2.45, 2.75) is 19.4 Å². The summed E-state index contributed by atoms with van der Waals surface area (Å²) in [6, 6.07) is 11.5. The van der Waals surface area contributed by atoms with E-state index in [0.29, 0.717) is 38.7 Å². The molecular weight excluding hydrogens is 363 g/mol. The molecule has 1 N–H and O–H groups in total. The van der Waals surface area contributed by atoms with Gasteiger partial charge in [-0.15, -0.1) is 0 Å². The molecule has 0 fully saturated rings. The van der Waals surface area contributed by atoms with Crippen LogP contribution in [-0.4, -0.2) is 44.3 Å². The molecule has 2 amide bonds. The number of fused-ring (bicyclic) bond motifs is 1. The molecule has 0 aromatic heterocycles. The van der Waals surface area contributed by atoms with Crippen LogP contribution in [0.4, 0.5) is 9.18 Å². The minimum Gasteiger partial charge on any atom is -0.494 e. The average molecular weight is 388 g/mol. The molecule has 0 saturated heterocycles. The molecule has 7 heteroatoms. The van der Waals surface area contributed by atoms with Crippen LogP contribution in [0.15, 0.2) is 42.5 Å². The van der Waals surface area contributed by atoms with Crippen molar-refractivity contribution >= 4 is 6.03 Å². The van der Waals surface area contributed by atoms with Crippen LogP contribution in [-0.2, 0) is 6.54 Å². The fourth-order valence-electron chi connectivity index (χ4n) is 2.81. The SMILES string of the molecule is CN(Cc1ccc2c(c1)OCCO2)C(=O)NCCCCOc1ccc(F)cc1. The fourth-order valence-corrected chi connectivity index (χ4v) is 2.81. The molecule has 0 bridgehead atoms. The van der Waals surface area contributed by atoms with Crippen LogP contribution in [0.1, 0.15) is 18.4 Å². The molecule has 1 aliphatic rings. The van der Waals surface area contributed by atoms with Gasteiger partial charge in [0.15, 0.2) is 11.5 Å². The third kappa shape index (κ3) is 5.77. The van der Waals surface area contributed by atoms with E-state index in [0.717, 1.165) is 29.9 Å². The highest BCUT2D eigenvalue weighted by molar-refractivity contribution is 5.73. The molecule has 0 atom stereocenters. The number of halogens is 1. The fraction of sp³-hybridized carbons (Fsp3) is 0.381.